The van der Waals surface area contributed by atoms with Crippen LogP contribution in [0.15, 0.2) is 17.5 Å². The number of aromatic nitrogens is 1. The summed E-state index contributed by atoms with van der Waals surface area (Å²) in [5.74, 6) is -0.869. The number of carbonyl (C=O) groups is 1. The minimum atomic E-state index is -0.869. The molecule has 3 rings (SSSR count). The van der Waals surface area contributed by atoms with Crippen LogP contribution in [-0.4, -0.2) is 28.4 Å². The fourth-order valence-corrected chi connectivity index (χ4v) is 3.23. The number of fused-ring (bicyclic) bond motifs is 1. The first-order chi connectivity index (χ1) is 8.25. The molecule has 90 valence electrons. The number of carboxylic acids is 1. The molecule has 0 amide bonds. The summed E-state index contributed by atoms with van der Waals surface area (Å²) >= 11 is 1.58. The second-order valence-corrected chi connectivity index (χ2v) is 5.16. The van der Waals surface area contributed by atoms with Crippen molar-refractivity contribution >= 4 is 27.5 Å². The fourth-order valence-electron chi connectivity index (χ4n) is 2.33. The van der Waals surface area contributed by atoms with Crippen LogP contribution in [0.25, 0.3) is 10.2 Å². The van der Waals surface area contributed by atoms with E-state index < -0.39 is 5.97 Å². The molecule has 1 saturated heterocycles. The number of nitrogens with zero attached hydrogens (tertiary/aromatic N) is 1. The Morgan fingerprint density at radius 1 is 1.65 bits per heavy atom. The smallest absolute Gasteiger partial charge is 0.352 e. The lowest BCUT2D eigenvalue weighted by molar-refractivity contribution is 0.0673. The number of rotatable bonds is 3. The fraction of sp³-hybridized carbons (Fsp3) is 0.417. The first kappa shape index (κ1) is 10.8. The van der Waals surface area contributed by atoms with Crippen molar-refractivity contribution in [2.75, 3.05) is 6.61 Å². The molecule has 2 aromatic rings. The predicted octanol–water partition coefficient (Wildman–Crippen LogP) is 2.58. The Morgan fingerprint density at radius 3 is 3.24 bits per heavy atom. The molecule has 0 unspecified atom stereocenters. The molecule has 0 aliphatic carbocycles. The van der Waals surface area contributed by atoms with E-state index in [9.17, 15) is 9.90 Å². The summed E-state index contributed by atoms with van der Waals surface area (Å²) in [6, 6.07) is 3.70. The van der Waals surface area contributed by atoms with Crippen LogP contribution in [0, 0.1) is 0 Å². The molecule has 17 heavy (non-hydrogen) atoms. The minimum absolute atomic E-state index is 0.158. The SMILES string of the molecule is O=C(O)c1cc2ccsc2n1C[C@H]1CCCO1. The number of hydrogen-bond donors (Lipinski definition) is 1. The van der Waals surface area contributed by atoms with Crippen molar-refractivity contribution in [2.24, 2.45) is 0 Å². The van der Waals surface area contributed by atoms with E-state index in [4.69, 9.17) is 4.74 Å². The summed E-state index contributed by atoms with van der Waals surface area (Å²) in [5, 5.41) is 12.2. The van der Waals surface area contributed by atoms with E-state index >= 15 is 0 Å². The second-order valence-electron chi connectivity index (χ2n) is 4.26. The highest BCUT2D eigenvalue weighted by molar-refractivity contribution is 7.16. The second kappa shape index (κ2) is 4.16. The maximum atomic E-state index is 11.2. The van der Waals surface area contributed by atoms with Gasteiger partial charge in [-0.25, -0.2) is 4.79 Å². The van der Waals surface area contributed by atoms with Crippen molar-refractivity contribution in [3.8, 4) is 0 Å². The molecular weight excluding hydrogens is 238 g/mol. The van der Waals surface area contributed by atoms with E-state index in [1.807, 2.05) is 16.0 Å². The van der Waals surface area contributed by atoms with Crippen LogP contribution in [0.1, 0.15) is 23.3 Å². The van der Waals surface area contributed by atoms with Crippen molar-refractivity contribution in [2.45, 2.75) is 25.5 Å². The zero-order chi connectivity index (χ0) is 11.8. The summed E-state index contributed by atoms with van der Waals surface area (Å²) in [4.78, 5) is 12.2. The van der Waals surface area contributed by atoms with Crippen LogP contribution in [-0.2, 0) is 11.3 Å². The average molecular weight is 251 g/mol. The lowest BCUT2D eigenvalue weighted by Crippen LogP contribution is -2.18. The molecule has 3 heterocycles. The largest absolute Gasteiger partial charge is 0.477 e. The highest BCUT2D eigenvalue weighted by Crippen LogP contribution is 2.27. The standard InChI is InChI=1S/C12H13NO3S/c14-12(15)10-6-8-3-5-17-11(8)13(10)7-9-2-1-4-16-9/h3,5-6,9H,1-2,4,7H2,(H,14,15)/t9-/m1/s1. The van der Waals surface area contributed by atoms with Gasteiger partial charge in [-0.1, -0.05) is 0 Å². The molecule has 0 bridgehead atoms. The van der Waals surface area contributed by atoms with E-state index in [0.29, 0.717) is 12.2 Å². The normalized spacial score (nSPS) is 20.1. The van der Waals surface area contributed by atoms with Gasteiger partial charge in [-0.2, -0.15) is 0 Å². The lowest BCUT2D eigenvalue weighted by Gasteiger charge is -2.12. The topological polar surface area (TPSA) is 51.5 Å². The summed E-state index contributed by atoms with van der Waals surface area (Å²) in [6.07, 6.45) is 2.25. The van der Waals surface area contributed by atoms with E-state index in [2.05, 4.69) is 0 Å². The third kappa shape index (κ3) is 1.85. The molecule has 4 nitrogen and oxygen atoms in total. The van der Waals surface area contributed by atoms with Crippen molar-refractivity contribution in [1.82, 2.24) is 4.57 Å². The maximum Gasteiger partial charge on any atom is 0.352 e. The number of aromatic carboxylic acids is 1. The molecule has 2 aromatic heterocycles. The van der Waals surface area contributed by atoms with Gasteiger partial charge in [-0.3, -0.25) is 0 Å². The summed E-state index contributed by atoms with van der Waals surface area (Å²) in [7, 11) is 0. The van der Waals surface area contributed by atoms with Crippen molar-refractivity contribution in [1.29, 1.82) is 0 Å². The van der Waals surface area contributed by atoms with Gasteiger partial charge in [0.25, 0.3) is 0 Å². The Morgan fingerprint density at radius 2 is 2.53 bits per heavy atom. The summed E-state index contributed by atoms with van der Waals surface area (Å²) in [5.41, 5.74) is 0.363. The van der Waals surface area contributed by atoms with Crippen LogP contribution < -0.4 is 0 Å². The van der Waals surface area contributed by atoms with Crippen LogP contribution in [0.2, 0.25) is 0 Å². The molecule has 1 aliphatic rings. The first-order valence-electron chi connectivity index (χ1n) is 5.67. The minimum Gasteiger partial charge on any atom is -0.477 e. The van der Waals surface area contributed by atoms with Crippen molar-refractivity contribution in [3.05, 3.63) is 23.2 Å². The summed E-state index contributed by atoms with van der Waals surface area (Å²) in [6.45, 7) is 1.44. The summed E-state index contributed by atoms with van der Waals surface area (Å²) < 4.78 is 7.45. The monoisotopic (exact) mass is 251 g/mol. The van der Waals surface area contributed by atoms with E-state index in [1.165, 1.54) is 0 Å². The number of ether oxygens (including phenoxy) is 1. The Kier molecular flexibility index (Phi) is 2.64. The Hall–Kier alpha value is -1.33. The molecule has 1 fully saturated rings. The highest BCUT2D eigenvalue weighted by atomic mass is 32.1. The Balaban J connectivity index is 2.01. The Labute approximate surface area is 102 Å². The van der Waals surface area contributed by atoms with Gasteiger partial charge in [0.2, 0.25) is 0 Å². The zero-order valence-corrected chi connectivity index (χ0v) is 10.1. The molecule has 1 atom stereocenters. The van der Waals surface area contributed by atoms with Gasteiger partial charge >= 0.3 is 5.97 Å². The number of carboxylic acid groups (broad SMARTS) is 1. The molecule has 0 radical (unpaired) electrons. The quantitative estimate of drug-likeness (QED) is 0.912. The van der Waals surface area contributed by atoms with Gasteiger partial charge < -0.3 is 14.4 Å². The van der Waals surface area contributed by atoms with Crippen LogP contribution >= 0.6 is 11.3 Å². The predicted molar refractivity (Wildman–Crippen MR) is 65.7 cm³/mol. The zero-order valence-electron chi connectivity index (χ0n) is 9.26. The molecule has 1 aliphatic heterocycles. The van der Waals surface area contributed by atoms with Gasteiger partial charge in [0.15, 0.2) is 0 Å². The number of hydrogen-bond acceptors (Lipinski definition) is 3. The van der Waals surface area contributed by atoms with Gasteiger partial charge in [-0.15, -0.1) is 11.3 Å². The van der Waals surface area contributed by atoms with Gasteiger partial charge in [0.1, 0.15) is 10.5 Å². The molecule has 5 heteroatoms. The highest BCUT2D eigenvalue weighted by Gasteiger charge is 2.21. The van der Waals surface area contributed by atoms with E-state index in [0.717, 1.165) is 29.7 Å². The maximum absolute atomic E-state index is 11.2. The van der Waals surface area contributed by atoms with Crippen molar-refractivity contribution in [3.63, 3.8) is 0 Å². The molecule has 0 saturated carbocycles. The van der Waals surface area contributed by atoms with Gasteiger partial charge in [-0.05, 0) is 30.4 Å². The lowest BCUT2D eigenvalue weighted by atomic mass is 10.2. The Bertz CT molecular complexity index is 551. The van der Waals surface area contributed by atoms with Crippen LogP contribution in [0.3, 0.4) is 0 Å². The van der Waals surface area contributed by atoms with E-state index in [1.54, 1.807) is 17.4 Å². The molecular formula is C12H13NO3S. The molecule has 1 N–H and O–H groups in total. The van der Waals surface area contributed by atoms with Gasteiger partial charge in [0.05, 0.1) is 12.6 Å². The average Bonchev–Trinajstić information content (AvgIpc) is 2.96. The van der Waals surface area contributed by atoms with Crippen LogP contribution in [0.4, 0.5) is 0 Å². The van der Waals surface area contributed by atoms with E-state index in [-0.39, 0.29) is 6.10 Å². The molecule has 0 spiro atoms. The third-order valence-corrected chi connectivity index (χ3v) is 4.08. The van der Waals surface area contributed by atoms with Gasteiger partial charge in [0, 0.05) is 12.0 Å². The number of thiophene rings is 1. The van der Waals surface area contributed by atoms with Crippen molar-refractivity contribution < 1.29 is 14.6 Å². The molecule has 0 aromatic carbocycles. The first-order valence-corrected chi connectivity index (χ1v) is 6.55. The van der Waals surface area contributed by atoms with Crippen LogP contribution in [0.5, 0.6) is 0 Å². The third-order valence-electron chi connectivity index (χ3n) is 3.13.